The summed E-state index contributed by atoms with van der Waals surface area (Å²) in [5, 5.41) is 12.0. The van der Waals surface area contributed by atoms with Crippen molar-refractivity contribution in [1.82, 2.24) is 15.0 Å². The number of hydrogen-bond acceptors (Lipinski definition) is 6. The summed E-state index contributed by atoms with van der Waals surface area (Å²) in [6, 6.07) is 5.25. The van der Waals surface area contributed by atoms with Gasteiger partial charge in [0.1, 0.15) is 17.3 Å². The minimum atomic E-state index is -0.561. The number of fused-ring (bicyclic) bond motifs is 1. The van der Waals surface area contributed by atoms with Gasteiger partial charge in [-0.05, 0) is 31.0 Å². The second-order valence-corrected chi connectivity index (χ2v) is 6.53. The van der Waals surface area contributed by atoms with Crippen molar-refractivity contribution < 1.29 is 9.18 Å². The summed E-state index contributed by atoms with van der Waals surface area (Å²) in [5.41, 5.74) is 7.45. The van der Waals surface area contributed by atoms with Gasteiger partial charge in [0.05, 0.1) is 17.9 Å². The molecule has 3 aromatic rings. The Kier molecular flexibility index (Phi) is 3.92. The summed E-state index contributed by atoms with van der Waals surface area (Å²) in [6.45, 7) is 1.83. The number of nitrogen functional groups attached to an aromatic ring is 1. The molecule has 1 fully saturated rings. The summed E-state index contributed by atoms with van der Waals surface area (Å²) in [4.78, 5) is 24.4. The number of rotatable bonds is 3. The van der Waals surface area contributed by atoms with E-state index in [-0.39, 0.29) is 40.5 Å². The number of anilines is 2. The van der Waals surface area contributed by atoms with Crippen molar-refractivity contribution in [1.29, 1.82) is 5.26 Å². The lowest BCUT2D eigenvalue weighted by Crippen LogP contribution is -2.15. The number of nitrogens with zero attached hydrogens (tertiary/aromatic N) is 4. The molecule has 0 bridgehead atoms. The van der Waals surface area contributed by atoms with E-state index < -0.39 is 5.82 Å². The third-order valence-electron chi connectivity index (χ3n) is 4.70. The zero-order chi connectivity index (χ0) is 19.1. The summed E-state index contributed by atoms with van der Waals surface area (Å²) < 4.78 is 15.2. The van der Waals surface area contributed by atoms with Gasteiger partial charge < -0.3 is 11.1 Å². The van der Waals surface area contributed by atoms with E-state index in [9.17, 15) is 4.79 Å². The molecule has 27 heavy (non-hydrogen) atoms. The van der Waals surface area contributed by atoms with E-state index in [1.54, 1.807) is 12.3 Å². The number of carbonyl (C=O) groups is 1. The zero-order valence-corrected chi connectivity index (χ0v) is 14.4. The molecule has 3 N–H and O–H groups in total. The van der Waals surface area contributed by atoms with Crippen LogP contribution < -0.4 is 11.1 Å². The molecule has 0 saturated heterocycles. The molecule has 2 atom stereocenters. The first kappa shape index (κ1) is 16.8. The van der Waals surface area contributed by atoms with Gasteiger partial charge in [0, 0.05) is 34.9 Å². The van der Waals surface area contributed by atoms with Crippen LogP contribution >= 0.6 is 0 Å². The second kappa shape index (κ2) is 6.29. The Hall–Kier alpha value is -3.60. The molecule has 0 aliphatic heterocycles. The number of hydrogen-bond donors (Lipinski definition) is 2. The first-order chi connectivity index (χ1) is 13.0. The standard InChI is InChI=1S/C19H15FN6O/c1-9-2-3-23-7-13(9)17-16(20)12-5-15(24-8-14(12)18(22)26-17)25-19(27)11-4-10(11)6-21/h2-3,5,7-8,10-11H,4H2,1H3,(H2,22,26)(H,24,25,27)/t10?,11-/m0/s1. The third kappa shape index (κ3) is 2.93. The van der Waals surface area contributed by atoms with Gasteiger partial charge in [-0.15, -0.1) is 0 Å². The molecule has 4 rings (SSSR count). The monoisotopic (exact) mass is 362 g/mol. The number of pyridine rings is 3. The smallest absolute Gasteiger partial charge is 0.230 e. The van der Waals surface area contributed by atoms with Crippen molar-refractivity contribution >= 4 is 28.3 Å². The first-order valence-electron chi connectivity index (χ1n) is 8.35. The van der Waals surface area contributed by atoms with E-state index in [4.69, 9.17) is 11.0 Å². The predicted octanol–water partition coefficient (Wildman–Crippen LogP) is 2.82. The molecule has 1 saturated carbocycles. The summed E-state index contributed by atoms with van der Waals surface area (Å²) >= 11 is 0. The van der Waals surface area contributed by atoms with Gasteiger partial charge in [-0.1, -0.05) is 0 Å². The van der Waals surface area contributed by atoms with Gasteiger partial charge in [-0.25, -0.2) is 14.4 Å². The van der Waals surface area contributed by atoms with Gasteiger partial charge in [0.25, 0.3) is 0 Å². The maximum absolute atomic E-state index is 15.2. The third-order valence-corrected chi connectivity index (χ3v) is 4.70. The number of amides is 1. The molecule has 1 unspecified atom stereocenters. The maximum atomic E-state index is 15.2. The number of aromatic nitrogens is 3. The second-order valence-electron chi connectivity index (χ2n) is 6.53. The van der Waals surface area contributed by atoms with Crippen molar-refractivity contribution in [2.45, 2.75) is 13.3 Å². The van der Waals surface area contributed by atoms with Crippen molar-refractivity contribution in [2.24, 2.45) is 11.8 Å². The quantitative estimate of drug-likeness (QED) is 0.740. The Labute approximate surface area is 154 Å². The number of nitrogens with two attached hydrogens (primary N) is 1. The van der Waals surface area contributed by atoms with Crippen LogP contribution in [0, 0.1) is 35.9 Å². The molecule has 0 aromatic carbocycles. The molecular weight excluding hydrogens is 347 g/mol. The molecule has 7 nitrogen and oxygen atoms in total. The average Bonchev–Trinajstić information content (AvgIpc) is 3.45. The average molecular weight is 362 g/mol. The van der Waals surface area contributed by atoms with Crippen molar-refractivity contribution in [3.8, 4) is 17.3 Å². The van der Waals surface area contributed by atoms with Crippen LogP contribution in [0.3, 0.4) is 0 Å². The van der Waals surface area contributed by atoms with Crippen LogP contribution in [0.15, 0.2) is 30.7 Å². The number of carbonyl (C=O) groups excluding carboxylic acids is 1. The highest BCUT2D eigenvalue weighted by Crippen LogP contribution is 2.38. The Bertz CT molecular complexity index is 1120. The predicted molar refractivity (Wildman–Crippen MR) is 97.7 cm³/mol. The number of aryl methyl sites for hydroxylation is 1. The Balaban J connectivity index is 1.76. The van der Waals surface area contributed by atoms with E-state index in [0.717, 1.165) is 5.56 Å². The van der Waals surface area contributed by atoms with Crippen molar-refractivity contribution in [3.05, 3.63) is 42.1 Å². The minimum absolute atomic E-state index is 0.0980. The fourth-order valence-corrected chi connectivity index (χ4v) is 3.00. The largest absolute Gasteiger partial charge is 0.383 e. The SMILES string of the molecule is Cc1ccncc1-c1nc(N)c2cnc(NC(=O)[C@H]3CC3C#N)cc2c1F. The molecule has 3 aromatic heterocycles. The van der Waals surface area contributed by atoms with Crippen LogP contribution in [0.5, 0.6) is 0 Å². The lowest BCUT2D eigenvalue weighted by molar-refractivity contribution is -0.117. The van der Waals surface area contributed by atoms with E-state index in [0.29, 0.717) is 17.4 Å². The van der Waals surface area contributed by atoms with Crippen LogP contribution in [0.2, 0.25) is 0 Å². The molecule has 3 heterocycles. The number of nitrogens with one attached hydrogen (secondary N) is 1. The highest BCUT2D eigenvalue weighted by Gasteiger charge is 2.43. The molecule has 134 valence electrons. The molecule has 8 heteroatoms. The number of halogens is 1. The van der Waals surface area contributed by atoms with Gasteiger partial charge >= 0.3 is 0 Å². The maximum Gasteiger partial charge on any atom is 0.230 e. The van der Waals surface area contributed by atoms with Crippen LogP contribution in [-0.4, -0.2) is 20.9 Å². The molecule has 1 amide bonds. The fourth-order valence-electron chi connectivity index (χ4n) is 3.00. The van der Waals surface area contributed by atoms with Crippen LogP contribution in [0.1, 0.15) is 12.0 Å². The Morgan fingerprint density at radius 3 is 2.93 bits per heavy atom. The molecule has 0 radical (unpaired) electrons. The molecule has 1 aliphatic rings. The highest BCUT2D eigenvalue weighted by atomic mass is 19.1. The lowest BCUT2D eigenvalue weighted by atomic mass is 10.0. The summed E-state index contributed by atoms with van der Waals surface area (Å²) in [6.07, 6.45) is 5.06. The summed E-state index contributed by atoms with van der Waals surface area (Å²) in [7, 11) is 0. The van der Waals surface area contributed by atoms with E-state index in [2.05, 4.69) is 26.3 Å². The van der Waals surface area contributed by atoms with Crippen molar-refractivity contribution in [3.63, 3.8) is 0 Å². The lowest BCUT2D eigenvalue weighted by Gasteiger charge is -2.11. The van der Waals surface area contributed by atoms with Gasteiger partial charge in [0.15, 0.2) is 5.82 Å². The summed E-state index contributed by atoms with van der Waals surface area (Å²) in [5.74, 6) is -1.11. The van der Waals surface area contributed by atoms with Gasteiger partial charge in [-0.2, -0.15) is 5.26 Å². The van der Waals surface area contributed by atoms with Crippen LogP contribution in [0.4, 0.5) is 16.0 Å². The molecular formula is C19H15FN6O. The Morgan fingerprint density at radius 1 is 1.41 bits per heavy atom. The van der Waals surface area contributed by atoms with Gasteiger partial charge in [-0.3, -0.25) is 9.78 Å². The normalized spacial score (nSPS) is 18.1. The fraction of sp³-hybridized carbons (Fsp3) is 0.211. The number of nitriles is 1. The van der Waals surface area contributed by atoms with Crippen molar-refractivity contribution in [2.75, 3.05) is 11.1 Å². The minimum Gasteiger partial charge on any atom is -0.383 e. The van der Waals surface area contributed by atoms with Gasteiger partial charge in [0.2, 0.25) is 5.91 Å². The highest BCUT2D eigenvalue weighted by molar-refractivity contribution is 5.99. The van der Waals surface area contributed by atoms with Crippen LogP contribution in [-0.2, 0) is 4.79 Å². The zero-order valence-electron chi connectivity index (χ0n) is 14.4. The topological polar surface area (TPSA) is 118 Å². The first-order valence-corrected chi connectivity index (χ1v) is 8.35. The van der Waals surface area contributed by atoms with E-state index in [1.165, 1.54) is 18.5 Å². The Morgan fingerprint density at radius 2 is 2.22 bits per heavy atom. The molecule has 0 spiro atoms. The van der Waals surface area contributed by atoms with E-state index >= 15 is 4.39 Å². The van der Waals surface area contributed by atoms with Crippen LogP contribution in [0.25, 0.3) is 22.0 Å². The van der Waals surface area contributed by atoms with E-state index in [1.807, 2.05) is 6.92 Å². The molecule has 1 aliphatic carbocycles.